The molecule has 4 fully saturated rings. The van der Waals surface area contributed by atoms with Gasteiger partial charge in [-0.25, -0.2) is 8.78 Å². The molecule has 0 aromatic heterocycles. The molecule has 4 aliphatic rings. The zero-order valence-electron chi connectivity index (χ0n) is 12.6. The number of rotatable bonds is 3. The highest BCUT2D eigenvalue weighted by molar-refractivity contribution is 5.94. The molecule has 5 rings (SSSR count). The fourth-order valence-corrected chi connectivity index (χ4v) is 5.58. The number of carbonyl (C=O) groups excluding carboxylic acids is 1. The van der Waals surface area contributed by atoms with Gasteiger partial charge >= 0.3 is 0 Å². The minimum atomic E-state index is -0.789. The number of carbonyl (C=O) groups is 1. The molecule has 0 heterocycles. The lowest BCUT2D eigenvalue weighted by Gasteiger charge is -2.56. The third-order valence-corrected chi connectivity index (χ3v) is 5.98. The summed E-state index contributed by atoms with van der Waals surface area (Å²) < 4.78 is 27.4. The topological polar surface area (TPSA) is 29.1 Å². The Balaban J connectivity index is 1.48. The molecule has 1 aromatic rings. The van der Waals surface area contributed by atoms with Crippen LogP contribution in [0, 0.1) is 34.8 Å². The molecule has 22 heavy (non-hydrogen) atoms. The SMILES string of the molecule is O=C(NCC12CC3CC(CC(C3)C1)C2)c1c(F)cccc1F. The molecule has 1 aromatic carbocycles. The zero-order chi connectivity index (χ0) is 15.3. The highest BCUT2D eigenvalue weighted by atomic mass is 19.1. The average Bonchev–Trinajstić information content (AvgIpc) is 2.43. The first-order chi connectivity index (χ1) is 10.5. The fraction of sp³-hybridized carbons (Fsp3) is 0.611. The van der Waals surface area contributed by atoms with Crippen LogP contribution in [0.1, 0.15) is 48.9 Å². The van der Waals surface area contributed by atoms with Crippen molar-refractivity contribution in [3.8, 4) is 0 Å². The van der Waals surface area contributed by atoms with E-state index in [0.29, 0.717) is 6.54 Å². The molecule has 0 atom stereocenters. The molecule has 0 saturated heterocycles. The minimum absolute atomic E-state index is 0.173. The summed E-state index contributed by atoms with van der Waals surface area (Å²) in [6.45, 7) is 0.559. The first-order valence-electron chi connectivity index (χ1n) is 8.27. The normalized spacial score (nSPS) is 35.6. The Kier molecular flexibility index (Phi) is 3.24. The number of nitrogens with one attached hydrogen (secondary N) is 1. The smallest absolute Gasteiger partial charge is 0.257 e. The predicted octanol–water partition coefficient (Wildman–Crippen LogP) is 3.91. The van der Waals surface area contributed by atoms with Crippen molar-refractivity contribution in [2.45, 2.75) is 38.5 Å². The summed E-state index contributed by atoms with van der Waals surface area (Å²) >= 11 is 0. The molecule has 1 N–H and O–H groups in total. The van der Waals surface area contributed by atoms with E-state index in [0.717, 1.165) is 29.9 Å². The summed E-state index contributed by atoms with van der Waals surface area (Å²) in [6.07, 6.45) is 7.52. The molecule has 118 valence electrons. The lowest BCUT2D eigenvalue weighted by molar-refractivity contribution is -0.0503. The summed E-state index contributed by atoms with van der Waals surface area (Å²) in [6, 6.07) is 3.53. The molecular weight excluding hydrogens is 284 g/mol. The van der Waals surface area contributed by atoms with Crippen molar-refractivity contribution in [1.29, 1.82) is 0 Å². The van der Waals surface area contributed by atoms with Crippen LogP contribution >= 0.6 is 0 Å². The van der Waals surface area contributed by atoms with Gasteiger partial charge in [-0.3, -0.25) is 4.79 Å². The number of amides is 1. The maximum Gasteiger partial charge on any atom is 0.257 e. The van der Waals surface area contributed by atoms with Gasteiger partial charge in [-0.15, -0.1) is 0 Å². The molecule has 0 unspecified atom stereocenters. The number of halogens is 2. The maximum atomic E-state index is 13.7. The Bertz CT molecular complexity index is 558. The second-order valence-corrected chi connectivity index (χ2v) is 7.70. The monoisotopic (exact) mass is 305 g/mol. The van der Waals surface area contributed by atoms with Crippen molar-refractivity contribution in [2.24, 2.45) is 23.2 Å². The van der Waals surface area contributed by atoms with Gasteiger partial charge in [-0.05, 0) is 73.8 Å². The maximum absolute atomic E-state index is 13.7. The quantitative estimate of drug-likeness (QED) is 0.901. The van der Waals surface area contributed by atoms with E-state index in [4.69, 9.17) is 0 Å². The Morgan fingerprint density at radius 2 is 1.55 bits per heavy atom. The zero-order valence-corrected chi connectivity index (χ0v) is 12.6. The summed E-state index contributed by atoms with van der Waals surface area (Å²) in [5, 5.41) is 2.82. The van der Waals surface area contributed by atoms with Crippen molar-refractivity contribution < 1.29 is 13.6 Å². The number of hydrogen-bond donors (Lipinski definition) is 1. The van der Waals surface area contributed by atoms with Crippen LogP contribution in [0.15, 0.2) is 18.2 Å². The fourth-order valence-electron chi connectivity index (χ4n) is 5.58. The molecule has 0 spiro atoms. The van der Waals surface area contributed by atoms with E-state index >= 15 is 0 Å². The van der Waals surface area contributed by atoms with Crippen molar-refractivity contribution in [2.75, 3.05) is 6.54 Å². The molecule has 4 bridgehead atoms. The lowest BCUT2D eigenvalue weighted by atomic mass is 9.49. The van der Waals surface area contributed by atoms with E-state index in [9.17, 15) is 13.6 Å². The summed E-state index contributed by atoms with van der Waals surface area (Å²) in [5.74, 6) is 0.201. The van der Waals surface area contributed by atoms with E-state index in [-0.39, 0.29) is 5.41 Å². The minimum Gasteiger partial charge on any atom is -0.351 e. The molecule has 4 heteroatoms. The summed E-state index contributed by atoms with van der Waals surface area (Å²) in [4.78, 5) is 12.2. The van der Waals surface area contributed by atoms with E-state index in [1.54, 1.807) is 0 Å². The number of benzene rings is 1. The van der Waals surface area contributed by atoms with Gasteiger partial charge < -0.3 is 5.32 Å². The van der Waals surface area contributed by atoms with Crippen molar-refractivity contribution in [1.82, 2.24) is 5.32 Å². The molecule has 1 amide bonds. The van der Waals surface area contributed by atoms with E-state index in [1.165, 1.54) is 44.6 Å². The highest BCUT2D eigenvalue weighted by Gasteiger charge is 2.50. The van der Waals surface area contributed by atoms with Crippen LogP contribution in [0.5, 0.6) is 0 Å². The first kappa shape index (κ1) is 14.2. The van der Waals surface area contributed by atoms with Crippen LogP contribution in [-0.4, -0.2) is 12.5 Å². The van der Waals surface area contributed by atoms with Gasteiger partial charge in [0.2, 0.25) is 0 Å². The molecule has 4 saturated carbocycles. The van der Waals surface area contributed by atoms with Crippen LogP contribution in [0.2, 0.25) is 0 Å². The lowest BCUT2D eigenvalue weighted by Crippen LogP contribution is -2.51. The van der Waals surface area contributed by atoms with Crippen LogP contribution in [0.4, 0.5) is 8.78 Å². The van der Waals surface area contributed by atoms with Gasteiger partial charge in [0.15, 0.2) is 0 Å². The van der Waals surface area contributed by atoms with Gasteiger partial charge in [-0.1, -0.05) is 6.07 Å². The Hall–Kier alpha value is -1.45. The Labute approximate surface area is 129 Å². The summed E-state index contributed by atoms with van der Waals surface area (Å²) in [7, 11) is 0. The molecule has 2 nitrogen and oxygen atoms in total. The number of hydrogen-bond acceptors (Lipinski definition) is 1. The first-order valence-corrected chi connectivity index (χ1v) is 8.27. The molecule has 4 aliphatic carbocycles. The Morgan fingerprint density at radius 1 is 1.05 bits per heavy atom. The summed E-state index contributed by atoms with van der Waals surface area (Å²) in [5.41, 5.74) is -0.279. The van der Waals surface area contributed by atoms with Crippen LogP contribution in [0.3, 0.4) is 0 Å². The standard InChI is InChI=1S/C18H21F2NO/c19-14-2-1-3-15(20)16(14)17(22)21-10-18-7-11-4-12(8-18)6-13(5-11)9-18/h1-3,11-13H,4-10H2,(H,21,22). The van der Waals surface area contributed by atoms with Crippen LogP contribution in [0.25, 0.3) is 0 Å². The molecular formula is C18H21F2NO. The predicted molar refractivity (Wildman–Crippen MR) is 79.3 cm³/mol. The largest absolute Gasteiger partial charge is 0.351 e. The second-order valence-electron chi connectivity index (χ2n) is 7.70. The van der Waals surface area contributed by atoms with Gasteiger partial charge in [0, 0.05) is 6.54 Å². The van der Waals surface area contributed by atoms with Crippen LogP contribution < -0.4 is 5.32 Å². The van der Waals surface area contributed by atoms with Crippen molar-refractivity contribution in [3.05, 3.63) is 35.4 Å². The van der Waals surface area contributed by atoms with Gasteiger partial charge in [0.05, 0.1) is 0 Å². The second kappa shape index (κ2) is 5.04. The van der Waals surface area contributed by atoms with Crippen LogP contribution in [-0.2, 0) is 0 Å². The average molecular weight is 305 g/mol. The van der Waals surface area contributed by atoms with Gasteiger partial charge in [-0.2, -0.15) is 0 Å². The van der Waals surface area contributed by atoms with Gasteiger partial charge in [0.1, 0.15) is 17.2 Å². The van der Waals surface area contributed by atoms with Crippen molar-refractivity contribution >= 4 is 5.91 Å². The van der Waals surface area contributed by atoms with E-state index in [2.05, 4.69) is 5.32 Å². The van der Waals surface area contributed by atoms with Gasteiger partial charge in [0.25, 0.3) is 5.91 Å². The molecule has 0 radical (unpaired) electrons. The van der Waals surface area contributed by atoms with E-state index < -0.39 is 23.1 Å². The van der Waals surface area contributed by atoms with E-state index in [1.807, 2.05) is 0 Å². The Morgan fingerprint density at radius 3 is 2.05 bits per heavy atom. The molecule has 0 aliphatic heterocycles. The highest BCUT2D eigenvalue weighted by Crippen LogP contribution is 2.59. The third-order valence-electron chi connectivity index (χ3n) is 5.98. The van der Waals surface area contributed by atoms with Crippen molar-refractivity contribution in [3.63, 3.8) is 0 Å². The third kappa shape index (κ3) is 2.33.